The highest BCUT2D eigenvalue weighted by Gasteiger charge is 2.30. The maximum atomic E-state index is 13.0. The lowest BCUT2D eigenvalue weighted by atomic mass is 10.00. The first-order valence-electron chi connectivity index (χ1n) is 7.87. The van der Waals surface area contributed by atoms with Crippen LogP contribution >= 0.6 is 0 Å². The van der Waals surface area contributed by atoms with Crippen LogP contribution in [-0.2, 0) is 15.7 Å². The van der Waals surface area contributed by atoms with E-state index < -0.39 is 15.7 Å². The fourth-order valence-electron chi connectivity index (χ4n) is 2.61. The Labute approximate surface area is 142 Å². The van der Waals surface area contributed by atoms with E-state index in [0.717, 1.165) is 12.0 Å². The molecule has 0 aliphatic heterocycles. The molecule has 0 unspecified atom stereocenters. The van der Waals surface area contributed by atoms with E-state index >= 15 is 0 Å². The van der Waals surface area contributed by atoms with Crippen LogP contribution in [0.25, 0.3) is 0 Å². The molecule has 23 heavy (non-hydrogen) atoms. The smallest absolute Gasteiger partial charge is 0.102 e. The van der Waals surface area contributed by atoms with Crippen molar-refractivity contribution in [1.82, 2.24) is 4.72 Å². The number of hydrogen-bond acceptors (Lipinski definition) is 1. The Bertz CT molecular complexity index is 679. The van der Waals surface area contributed by atoms with E-state index in [1.807, 2.05) is 62.4 Å². The average molecular weight is 327 g/mol. The van der Waals surface area contributed by atoms with Crippen LogP contribution < -0.4 is 4.72 Å². The summed E-state index contributed by atoms with van der Waals surface area (Å²) in [7, 11) is -1.22. The summed E-state index contributed by atoms with van der Waals surface area (Å²) in [5.41, 5.74) is 3.43. The number of hydrogen-bond donors (Lipinski definition) is 1. The van der Waals surface area contributed by atoms with Crippen LogP contribution in [0.2, 0.25) is 0 Å². The fourth-order valence-corrected chi connectivity index (χ4v) is 3.73. The number of rotatable bonds is 7. The quantitative estimate of drug-likeness (QED) is 0.727. The van der Waals surface area contributed by atoms with Crippen LogP contribution in [0.5, 0.6) is 0 Å². The highest BCUT2D eigenvalue weighted by atomic mass is 32.2. The van der Waals surface area contributed by atoms with Crippen molar-refractivity contribution in [2.45, 2.75) is 38.0 Å². The van der Waals surface area contributed by atoms with Crippen LogP contribution in [0.4, 0.5) is 0 Å². The molecule has 0 fully saturated rings. The molecule has 0 spiro atoms. The van der Waals surface area contributed by atoms with Gasteiger partial charge in [-0.25, -0.2) is 8.93 Å². The molecule has 0 aliphatic carbocycles. The van der Waals surface area contributed by atoms with E-state index in [4.69, 9.17) is 0 Å². The first kappa shape index (κ1) is 17.6. The van der Waals surface area contributed by atoms with E-state index in [2.05, 4.69) is 30.4 Å². The largest absolute Gasteiger partial charge is 0.242 e. The highest BCUT2D eigenvalue weighted by molar-refractivity contribution is 7.84. The lowest BCUT2D eigenvalue weighted by molar-refractivity contribution is 0.595. The molecule has 2 atom stereocenters. The zero-order valence-electron chi connectivity index (χ0n) is 14.1. The highest BCUT2D eigenvalue weighted by Crippen LogP contribution is 2.29. The number of benzene rings is 2. The van der Waals surface area contributed by atoms with Crippen LogP contribution in [-0.4, -0.2) is 4.21 Å². The molecule has 2 rings (SSSR count). The van der Waals surface area contributed by atoms with Gasteiger partial charge in [0, 0.05) is 6.04 Å². The van der Waals surface area contributed by atoms with E-state index in [-0.39, 0.29) is 6.04 Å². The fraction of sp³-hybridized carbons (Fsp3) is 0.300. The van der Waals surface area contributed by atoms with Gasteiger partial charge in [-0.2, -0.15) is 0 Å². The van der Waals surface area contributed by atoms with Gasteiger partial charge in [0.05, 0.1) is 4.75 Å². The first-order valence-corrected chi connectivity index (χ1v) is 9.01. The second kappa shape index (κ2) is 7.71. The van der Waals surface area contributed by atoms with Gasteiger partial charge in [0.2, 0.25) is 0 Å². The van der Waals surface area contributed by atoms with E-state index in [0.29, 0.717) is 0 Å². The van der Waals surface area contributed by atoms with Crippen molar-refractivity contribution in [1.29, 1.82) is 0 Å². The standard InChI is InChI=1S/C20H25NOS/c1-5-11-19(18-15-10-9-12-16(18)2)21-23(22)20(3,4)17-13-7-6-8-14-17/h5-10,12-15,19,21H,1,11H2,2-4H3/t19-,23+/m0/s1. The Morgan fingerprint density at radius 2 is 1.74 bits per heavy atom. The lowest BCUT2D eigenvalue weighted by Crippen LogP contribution is -2.36. The molecule has 2 aromatic rings. The number of nitrogens with one attached hydrogen (secondary N) is 1. The van der Waals surface area contributed by atoms with Crippen LogP contribution in [0.3, 0.4) is 0 Å². The summed E-state index contributed by atoms with van der Waals surface area (Å²) in [5, 5.41) is 0. The van der Waals surface area contributed by atoms with Crippen LogP contribution in [0.1, 0.15) is 43.0 Å². The summed E-state index contributed by atoms with van der Waals surface area (Å²) in [6, 6.07) is 18.2. The van der Waals surface area contributed by atoms with Gasteiger partial charge in [-0.05, 0) is 43.9 Å². The van der Waals surface area contributed by atoms with Crippen LogP contribution in [0, 0.1) is 6.92 Å². The second-order valence-electron chi connectivity index (χ2n) is 6.20. The molecule has 3 heteroatoms. The first-order chi connectivity index (χ1) is 11.0. The van der Waals surface area contributed by atoms with Gasteiger partial charge in [0.15, 0.2) is 0 Å². The van der Waals surface area contributed by atoms with Gasteiger partial charge >= 0.3 is 0 Å². The summed E-state index contributed by atoms with van der Waals surface area (Å²) in [5.74, 6) is 0. The van der Waals surface area contributed by atoms with Crippen molar-refractivity contribution in [3.63, 3.8) is 0 Å². The molecule has 0 bridgehead atoms. The summed E-state index contributed by atoms with van der Waals surface area (Å²) in [6.45, 7) is 9.94. The third-order valence-electron chi connectivity index (χ3n) is 4.15. The summed E-state index contributed by atoms with van der Waals surface area (Å²) in [6.07, 6.45) is 2.61. The van der Waals surface area contributed by atoms with Crippen molar-refractivity contribution in [3.8, 4) is 0 Å². The second-order valence-corrected chi connectivity index (χ2v) is 7.99. The molecular weight excluding hydrogens is 302 g/mol. The summed E-state index contributed by atoms with van der Waals surface area (Å²) < 4.78 is 15.8. The molecule has 0 aromatic heterocycles. The minimum atomic E-state index is -1.22. The van der Waals surface area contributed by atoms with E-state index in [1.54, 1.807) is 0 Å². The number of aryl methyl sites for hydroxylation is 1. The SMILES string of the molecule is C=CC[C@H](N[S@](=O)C(C)(C)c1ccccc1)c1ccccc1C. The monoisotopic (exact) mass is 327 g/mol. The van der Waals surface area contributed by atoms with Gasteiger partial charge in [-0.3, -0.25) is 0 Å². The Morgan fingerprint density at radius 1 is 1.13 bits per heavy atom. The summed E-state index contributed by atoms with van der Waals surface area (Å²) in [4.78, 5) is 0. The maximum Gasteiger partial charge on any atom is 0.102 e. The Balaban J connectivity index is 2.25. The molecule has 1 N–H and O–H groups in total. The lowest BCUT2D eigenvalue weighted by Gasteiger charge is -2.28. The molecule has 0 amide bonds. The van der Waals surface area contributed by atoms with Crippen molar-refractivity contribution in [2.24, 2.45) is 0 Å². The Hall–Kier alpha value is -1.71. The molecule has 122 valence electrons. The molecule has 0 heterocycles. The minimum Gasteiger partial charge on any atom is -0.242 e. The molecular formula is C20H25NOS. The predicted octanol–water partition coefficient (Wildman–Crippen LogP) is 4.80. The zero-order chi connectivity index (χ0) is 16.9. The molecule has 2 nitrogen and oxygen atoms in total. The predicted molar refractivity (Wildman–Crippen MR) is 99.5 cm³/mol. The normalized spacial score (nSPS) is 14.2. The zero-order valence-corrected chi connectivity index (χ0v) is 14.9. The Morgan fingerprint density at radius 3 is 2.35 bits per heavy atom. The minimum absolute atomic E-state index is 0.00230. The van der Waals surface area contributed by atoms with Crippen molar-refractivity contribution in [2.75, 3.05) is 0 Å². The Kier molecular flexibility index (Phi) is 5.91. The maximum absolute atomic E-state index is 13.0. The van der Waals surface area contributed by atoms with Crippen molar-refractivity contribution < 1.29 is 4.21 Å². The molecule has 2 aromatic carbocycles. The molecule has 0 saturated heterocycles. The van der Waals surface area contributed by atoms with Gasteiger partial charge in [-0.15, -0.1) is 6.58 Å². The molecule has 0 aliphatic rings. The summed E-state index contributed by atoms with van der Waals surface area (Å²) >= 11 is 0. The van der Waals surface area contributed by atoms with Gasteiger partial charge in [0.1, 0.15) is 11.0 Å². The van der Waals surface area contributed by atoms with Crippen molar-refractivity contribution in [3.05, 3.63) is 83.9 Å². The van der Waals surface area contributed by atoms with Gasteiger partial charge in [0.25, 0.3) is 0 Å². The topological polar surface area (TPSA) is 29.1 Å². The average Bonchev–Trinajstić information content (AvgIpc) is 2.55. The van der Waals surface area contributed by atoms with E-state index in [1.165, 1.54) is 11.1 Å². The third kappa shape index (κ3) is 4.18. The molecule has 0 saturated carbocycles. The molecule has 0 radical (unpaired) electrons. The third-order valence-corrected chi connectivity index (χ3v) is 5.81. The van der Waals surface area contributed by atoms with Gasteiger partial charge < -0.3 is 0 Å². The van der Waals surface area contributed by atoms with Gasteiger partial charge in [-0.1, -0.05) is 60.7 Å². The van der Waals surface area contributed by atoms with Crippen LogP contribution in [0.15, 0.2) is 67.3 Å². The van der Waals surface area contributed by atoms with Crippen molar-refractivity contribution >= 4 is 11.0 Å². The van der Waals surface area contributed by atoms with E-state index in [9.17, 15) is 4.21 Å².